The molecule has 1 aromatic carbocycles. The van der Waals surface area contributed by atoms with E-state index >= 15 is 4.39 Å². The van der Waals surface area contributed by atoms with Crippen molar-refractivity contribution in [2.45, 2.75) is 26.4 Å². The highest BCUT2D eigenvalue weighted by atomic mass is 35.5. The zero-order chi connectivity index (χ0) is 22.5. The molecule has 0 unspecified atom stereocenters. The Hall–Kier alpha value is -2.48. The van der Waals surface area contributed by atoms with Crippen molar-refractivity contribution in [1.29, 1.82) is 0 Å². The van der Waals surface area contributed by atoms with Gasteiger partial charge in [0.25, 0.3) is 0 Å². The number of rotatable bonds is 3. The standard InChI is InChI=1S/C23H26ClFN4O2/c1-12-6-15(16-4-5-27-22-20(16)17(24)9-28-22)7-18(25)21(12)23(31)13(2)10-29(11-14(23)3)19(30)8-26/h4-7,9,13-14,31H,8,10-11,26H2,1-3H3,(H,27,28)/t13-,14+,23-. The predicted molar refractivity (Wildman–Crippen MR) is 119 cm³/mol. The summed E-state index contributed by atoms with van der Waals surface area (Å²) >= 11 is 6.33. The van der Waals surface area contributed by atoms with Crippen LogP contribution in [0.4, 0.5) is 4.39 Å². The van der Waals surface area contributed by atoms with Gasteiger partial charge < -0.3 is 20.7 Å². The van der Waals surface area contributed by atoms with Gasteiger partial charge in [0.1, 0.15) is 17.1 Å². The molecule has 4 rings (SSSR count). The van der Waals surface area contributed by atoms with Gasteiger partial charge in [0.15, 0.2) is 0 Å². The molecule has 1 fully saturated rings. The number of amides is 1. The highest BCUT2D eigenvalue weighted by molar-refractivity contribution is 6.36. The third kappa shape index (κ3) is 3.41. The molecule has 6 nitrogen and oxygen atoms in total. The molecule has 0 saturated carbocycles. The molecule has 1 aliphatic heterocycles. The highest BCUT2D eigenvalue weighted by Gasteiger charge is 2.48. The van der Waals surface area contributed by atoms with Gasteiger partial charge in [-0.3, -0.25) is 4.79 Å². The van der Waals surface area contributed by atoms with Gasteiger partial charge >= 0.3 is 0 Å². The van der Waals surface area contributed by atoms with Crippen molar-refractivity contribution < 1.29 is 14.3 Å². The molecular formula is C23H26ClFN4O2. The molecule has 8 heteroatoms. The monoisotopic (exact) mass is 444 g/mol. The van der Waals surface area contributed by atoms with Crippen LogP contribution in [-0.4, -0.2) is 45.5 Å². The molecule has 3 heterocycles. The van der Waals surface area contributed by atoms with E-state index in [0.717, 1.165) is 10.9 Å². The van der Waals surface area contributed by atoms with Crippen molar-refractivity contribution >= 4 is 28.5 Å². The van der Waals surface area contributed by atoms with Crippen LogP contribution in [0.1, 0.15) is 25.0 Å². The number of nitrogens with two attached hydrogens (primary N) is 1. The fourth-order valence-corrected chi connectivity index (χ4v) is 5.24. The van der Waals surface area contributed by atoms with Gasteiger partial charge in [-0.25, -0.2) is 9.37 Å². The summed E-state index contributed by atoms with van der Waals surface area (Å²) < 4.78 is 15.6. The Balaban J connectivity index is 1.79. The number of halogens is 2. The van der Waals surface area contributed by atoms with E-state index in [1.807, 2.05) is 19.9 Å². The predicted octanol–water partition coefficient (Wildman–Crippen LogP) is 3.59. The van der Waals surface area contributed by atoms with E-state index in [1.54, 1.807) is 30.3 Å². The van der Waals surface area contributed by atoms with Gasteiger partial charge in [-0.2, -0.15) is 0 Å². The SMILES string of the molecule is Cc1cc(-c2ccnc3[nH]cc(Cl)c23)cc(F)c1[C@@]1(O)[C@H](C)CN(C(=O)CN)C[C@@H]1C. The zero-order valence-corrected chi connectivity index (χ0v) is 18.5. The lowest BCUT2D eigenvalue weighted by molar-refractivity contribution is -0.148. The number of aryl methyl sites for hydroxylation is 1. The number of aliphatic hydroxyl groups is 1. The molecular weight excluding hydrogens is 419 g/mol. The maximum absolute atomic E-state index is 15.6. The van der Waals surface area contributed by atoms with Crippen molar-refractivity contribution in [1.82, 2.24) is 14.9 Å². The number of hydrogen-bond donors (Lipinski definition) is 3. The number of nitrogens with zero attached hydrogens (tertiary/aromatic N) is 2. The largest absolute Gasteiger partial charge is 0.384 e. The molecule has 1 saturated heterocycles. The van der Waals surface area contributed by atoms with E-state index in [2.05, 4.69) is 9.97 Å². The molecule has 0 bridgehead atoms. The topological polar surface area (TPSA) is 95.2 Å². The van der Waals surface area contributed by atoms with Crippen LogP contribution < -0.4 is 5.73 Å². The number of H-pyrrole nitrogens is 1. The molecule has 4 N–H and O–H groups in total. The normalized spacial score (nSPS) is 24.0. The van der Waals surface area contributed by atoms with E-state index in [9.17, 15) is 9.90 Å². The minimum absolute atomic E-state index is 0.0813. The van der Waals surface area contributed by atoms with Crippen molar-refractivity contribution in [3.05, 3.63) is 52.6 Å². The number of piperidine rings is 1. The summed E-state index contributed by atoms with van der Waals surface area (Å²) in [6.07, 6.45) is 3.30. The number of aromatic amines is 1. The summed E-state index contributed by atoms with van der Waals surface area (Å²) in [5, 5.41) is 13.0. The van der Waals surface area contributed by atoms with Crippen molar-refractivity contribution in [3.63, 3.8) is 0 Å². The Bertz CT molecular complexity index is 1130. The zero-order valence-electron chi connectivity index (χ0n) is 17.7. The second-order valence-corrected chi connectivity index (χ2v) is 8.91. The number of fused-ring (bicyclic) bond motifs is 1. The van der Waals surface area contributed by atoms with Crippen molar-refractivity contribution in [3.8, 4) is 11.1 Å². The van der Waals surface area contributed by atoms with Crippen LogP contribution in [0, 0.1) is 24.6 Å². The van der Waals surface area contributed by atoms with Crippen LogP contribution in [0.2, 0.25) is 5.02 Å². The van der Waals surface area contributed by atoms with Crippen LogP contribution in [0.5, 0.6) is 0 Å². The fourth-order valence-electron chi connectivity index (χ4n) is 4.99. The fraction of sp³-hybridized carbons (Fsp3) is 0.391. The summed E-state index contributed by atoms with van der Waals surface area (Å²) in [7, 11) is 0. The molecule has 0 aliphatic carbocycles. The quantitative estimate of drug-likeness (QED) is 0.575. The second kappa shape index (κ2) is 7.89. The Labute approximate surface area is 185 Å². The summed E-state index contributed by atoms with van der Waals surface area (Å²) in [4.78, 5) is 21.0. The first-order valence-electron chi connectivity index (χ1n) is 10.3. The lowest BCUT2D eigenvalue weighted by atomic mass is 9.69. The Morgan fingerprint density at radius 2 is 2.06 bits per heavy atom. The van der Waals surface area contributed by atoms with E-state index in [-0.39, 0.29) is 29.9 Å². The second-order valence-electron chi connectivity index (χ2n) is 8.50. The van der Waals surface area contributed by atoms with Gasteiger partial charge in [-0.05, 0) is 35.7 Å². The summed E-state index contributed by atoms with van der Waals surface area (Å²) in [6.45, 7) is 6.04. The van der Waals surface area contributed by atoms with Crippen LogP contribution >= 0.6 is 11.6 Å². The number of carbonyl (C=O) groups is 1. The third-order valence-corrected chi connectivity index (χ3v) is 6.84. The van der Waals surface area contributed by atoms with E-state index in [4.69, 9.17) is 17.3 Å². The molecule has 164 valence electrons. The molecule has 1 amide bonds. The van der Waals surface area contributed by atoms with Gasteiger partial charge in [0, 0.05) is 48.3 Å². The Morgan fingerprint density at radius 3 is 2.68 bits per heavy atom. The van der Waals surface area contributed by atoms with Gasteiger partial charge in [0.05, 0.1) is 11.6 Å². The third-order valence-electron chi connectivity index (χ3n) is 6.54. The van der Waals surface area contributed by atoms with Crippen molar-refractivity contribution in [2.24, 2.45) is 17.6 Å². The molecule has 0 radical (unpaired) electrons. The highest BCUT2D eigenvalue weighted by Crippen LogP contribution is 2.45. The lowest BCUT2D eigenvalue weighted by Gasteiger charge is -2.48. The van der Waals surface area contributed by atoms with E-state index in [1.165, 1.54) is 6.07 Å². The maximum Gasteiger partial charge on any atom is 0.236 e. The summed E-state index contributed by atoms with van der Waals surface area (Å²) in [5.41, 5.74) is 7.08. The smallest absolute Gasteiger partial charge is 0.236 e. The number of nitrogens with one attached hydrogen (secondary N) is 1. The number of likely N-dealkylation sites (tertiary alicyclic amines) is 1. The molecule has 31 heavy (non-hydrogen) atoms. The summed E-state index contributed by atoms with van der Waals surface area (Å²) in [5.74, 6) is -1.38. The van der Waals surface area contributed by atoms with Crippen LogP contribution in [0.15, 0.2) is 30.6 Å². The number of benzene rings is 1. The van der Waals surface area contributed by atoms with Gasteiger partial charge in [0.2, 0.25) is 5.91 Å². The lowest BCUT2D eigenvalue weighted by Crippen LogP contribution is -2.57. The molecule has 1 aliphatic rings. The first-order valence-corrected chi connectivity index (χ1v) is 10.7. The van der Waals surface area contributed by atoms with Crippen molar-refractivity contribution in [2.75, 3.05) is 19.6 Å². The number of aromatic nitrogens is 2. The van der Waals surface area contributed by atoms with E-state index < -0.39 is 11.4 Å². The number of carbonyl (C=O) groups excluding carboxylic acids is 1. The van der Waals surface area contributed by atoms with Crippen LogP contribution in [0.25, 0.3) is 22.2 Å². The van der Waals surface area contributed by atoms with E-state index in [0.29, 0.717) is 34.9 Å². The minimum atomic E-state index is -1.41. The molecule has 3 aromatic rings. The average Bonchev–Trinajstić information content (AvgIpc) is 3.11. The minimum Gasteiger partial charge on any atom is -0.384 e. The average molecular weight is 445 g/mol. The summed E-state index contributed by atoms with van der Waals surface area (Å²) in [6, 6.07) is 5.10. The molecule has 3 atom stereocenters. The first-order chi connectivity index (χ1) is 14.7. The Morgan fingerprint density at radius 1 is 1.39 bits per heavy atom. The Kier molecular flexibility index (Phi) is 5.54. The number of hydrogen-bond acceptors (Lipinski definition) is 4. The molecule has 0 spiro atoms. The van der Waals surface area contributed by atoms with Gasteiger partial charge in [-0.1, -0.05) is 31.5 Å². The van der Waals surface area contributed by atoms with Gasteiger partial charge in [-0.15, -0.1) is 0 Å². The number of pyridine rings is 1. The van der Waals surface area contributed by atoms with Crippen LogP contribution in [0.3, 0.4) is 0 Å². The first kappa shape index (κ1) is 21.7. The molecule has 2 aromatic heterocycles. The van der Waals surface area contributed by atoms with Crippen LogP contribution in [-0.2, 0) is 10.4 Å². The maximum atomic E-state index is 15.6.